The SMILES string of the molecule is c1ccc(CCCN2CCN3c4ccccc4CCC3C2)cc1. The van der Waals surface area contributed by atoms with Gasteiger partial charge >= 0.3 is 0 Å². The van der Waals surface area contributed by atoms with Crippen molar-refractivity contribution in [1.82, 2.24) is 4.90 Å². The zero-order valence-corrected chi connectivity index (χ0v) is 13.8. The number of nitrogens with zero attached hydrogens (tertiary/aromatic N) is 2. The van der Waals surface area contributed by atoms with Gasteiger partial charge in [-0.25, -0.2) is 0 Å². The molecule has 0 aromatic heterocycles. The Morgan fingerprint density at radius 1 is 0.913 bits per heavy atom. The van der Waals surface area contributed by atoms with Crippen LogP contribution in [0.3, 0.4) is 0 Å². The maximum Gasteiger partial charge on any atom is 0.0420 e. The molecule has 2 heterocycles. The minimum absolute atomic E-state index is 0.718. The lowest BCUT2D eigenvalue weighted by atomic mass is 9.94. The fourth-order valence-electron chi connectivity index (χ4n) is 4.16. The molecule has 1 saturated heterocycles. The predicted molar refractivity (Wildman–Crippen MR) is 97.1 cm³/mol. The van der Waals surface area contributed by atoms with E-state index in [4.69, 9.17) is 0 Å². The Hall–Kier alpha value is -1.80. The van der Waals surface area contributed by atoms with Gasteiger partial charge in [-0.05, 0) is 49.4 Å². The van der Waals surface area contributed by atoms with E-state index in [1.54, 1.807) is 5.56 Å². The van der Waals surface area contributed by atoms with E-state index >= 15 is 0 Å². The van der Waals surface area contributed by atoms with Gasteiger partial charge in [-0.1, -0.05) is 48.5 Å². The highest BCUT2D eigenvalue weighted by Crippen LogP contribution is 2.32. The average molecular weight is 306 g/mol. The van der Waals surface area contributed by atoms with Crippen molar-refractivity contribution in [2.24, 2.45) is 0 Å². The van der Waals surface area contributed by atoms with Crippen LogP contribution in [-0.2, 0) is 12.8 Å². The molecule has 0 aliphatic carbocycles. The largest absolute Gasteiger partial charge is 0.366 e. The van der Waals surface area contributed by atoms with Gasteiger partial charge < -0.3 is 4.90 Å². The van der Waals surface area contributed by atoms with Crippen molar-refractivity contribution < 1.29 is 0 Å². The lowest BCUT2D eigenvalue weighted by Crippen LogP contribution is -2.55. The molecule has 1 fully saturated rings. The first kappa shape index (κ1) is 14.8. The van der Waals surface area contributed by atoms with Gasteiger partial charge in [-0.3, -0.25) is 4.90 Å². The molecule has 0 radical (unpaired) electrons. The number of benzene rings is 2. The quantitative estimate of drug-likeness (QED) is 0.848. The van der Waals surface area contributed by atoms with Gasteiger partial charge in [0.1, 0.15) is 0 Å². The van der Waals surface area contributed by atoms with Crippen molar-refractivity contribution in [2.75, 3.05) is 31.1 Å². The Bertz CT molecular complexity index is 637. The highest BCUT2D eigenvalue weighted by Gasteiger charge is 2.30. The molecule has 0 N–H and O–H groups in total. The molecule has 2 aliphatic rings. The Morgan fingerprint density at radius 3 is 2.65 bits per heavy atom. The summed E-state index contributed by atoms with van der Waals surface area (Å²) in [6.07, 6.45) is 5.03. The normalized spacial score (nSPS) is 20.9. The Kier molecular flexibility index (Phi) is 4.34. The molecule has 0 bridgehead atoms. The van der Waals surface area contributed by atoms with E-state index in [0.717, 1.165) is 6.04 Å². The standard InChI is InChI=1S/C21H26N2/c1-2-7-18(8-3-1)9-6-14-22-15-16-23-20(17-22)13-12-19-10-4-5-11-21(19)23/h1-5,7-8,10-11,20H,6,9,12-17H2. The molecule has 2 nitrogen and oxygen atoms in total. The molecule has 0 saturated carbocycles. The summed E-state index contributed by atoms with van der Waals surface area (Å²) in [6, 6.07) is 20.6. The second-order valence-corrected chi connectivity index (χ2v) is 6.90. The first-order valence-electron chi connectivity index (χ1n) is 9.01. The van der Waals surface area contributed by atoms with Gasteiger partial charge in [0, 0.05) is 31.4 Å². The number of para-hydroxylation sites is 1. The van der Waals surface area contributed by atoms with E-state index in [1.165, 1.54) is 63.1 Å². The summed E-state index contributed by atoms with van der Waals surface area (Å²) in [7, 11) is 0. The van der Waals surface area contributed by atoms with E-state index < -0.39 is 0 Å². The van der Waals surface area contributed by atoms with Crippen LogP contribution in [0.25, 0.3) is 0 Å². The third-order valence-corrected chi connectivity index (χ3v) is 5.40. The van der Waals surface area contributed by atoms with Crippen LogP contribution in [0.1, 0.15) is 24.0 Å². The number of aryl methyl sites for hydroxylation is 2. The maximum atomic E-state index is 2.68. The molecular weight excluding hydrogens is 280 g/mol. The zero-order chi connectivity index (χ0) is 15.5. The Labute approximate surface area is 139 Å². The molecule has 2 aromatic rings. The van der Waals surface area contributed by atoms with Gasteiger partial charge in [0.05, 0.1) is 0 Å². The number of hydrogen-bond donors (Lipinski definition) is 0. The van der Waals surface area contributed by atoms with Gasteiger partial charge in [0.15, 0.2) is 0 Å². The predicted octanol–water partition coefficient (Wildman–Crippen LogP) is 3.76. The number of hydrogen-bond acceptors (Lipinski definition) is 2. The number of rotatable bonds is 4. The van der Waals surface area contributed by atoms with Crippen LogP contribution >= 0.6 is 0 Å². The van der Waals surface area contributed by atoms with Gasteiger partial charge in [0.2, 0.25) is 0 Å². The molecule has 1 atom stereocenters. The molecule has 23 heavy (non-hydrogen) atoms. The number of fused-ring (bicyclic) bond motifs is 3. The van der Waals surface area contributed by atoms with E-state index in [1.807, 2.05) is 0 Å². The third kappa shape index (κ3) is 3.28. The average Bonchev–Trinajstić information content (AvgIpc) is 2.62. The van der Waals surface area contributed by atoms with Crippen LogP contribution in [0.5, 0.6) is 0 Å². The van der Waals surface area contributed by atoms with E-state index in [9.17, 15) is 0 Å². The number of piperazine rings is 1. The van der Waals surface area contributed by atoms with Crippen LogP contribution in [0.4, 0.5) is 5.69 Å². The van der Waals surface area contributed by atoms with Crippen molar-refractivity contribution in [1.29, 1.82) is 0 Å². The minimum Gasteiger partial charge on any atom is -0.366 e. The molecule has 2 aromatic carbocycles. The van der Waals surface area contributed by atoms with Gasteiger partial charge in [-0.2, -0.15) is 0 Å². The van der Waals surface area contributed by atoms with Gasteiger partial charge in [-0.15, -0.1) is 0 Å². The summed E-state index contributed by atoms with van der Waals surface area (Å²) in [4.78, 5) is 5.34. The second-order valence-electron chi connectivity index (χ2n) is 6.90. The van der Waals surface area contributed by atoms with Crippen molar-refractivity contribution in [3.8, 4) is 0 Å². The molecule has 0 spiro atoms. The highest BCUT2D eigenvalue weighted by molar-refractivity contribution is 5.57. The number of anilines is 1. The summed E-state index contributed by atoms with van der Waals surface area (Å²) >= 11 is 0. The molecule has 0 amide bonds. The van der Waals surface area contributed by atoms with Crippen LogP contribution < -0.4 is 4.90 Å². The Balaban J connectivity index is 1.32. The van der Waals surface area contributed by atoms with Crippen molar-refractivity contribution in [2.45, 2.75) is 31.7 Å². The van der Waals surface area contributed by atoms with E-state index in [-0.39, 0.29) is 0 Å². The molecular formula is C21H26N2. The fraction of sp³-hybridized carbons (Fsp3) is 0.429. The van der Waals surface area contributed by atoms with Crippen molar-refractivity contribution >= 4 is 5.69 Å². The summed E-state index contributed by atoms with van der Waals surface area (Å²) < 4.78 is 0. The molecule has 1 unspecified atom stereocenters. The maximum absolute atomic E-state index is 2.68. The second kappa shape index (κ2) is 6.76. The van der Waals surface area contributed by atoms with Crippen molar-refractivity contribution in [3.05, 3.63) is 65.7 Å². The Morgan fingerprint density at radius 2 is 1.74 bits per heavy atom. The van der Waals surface area contributed by atoms with Crippen LogP contribution in [0, 0.1) is 0 Å². The van der Waals surface area contributed by atoms with Crippen LogP contribution in [-0.4, -0.2) is 37.1 Å². The molecule has 2 aliphatic heterocycles. The highest BCUT2D eigenvalue weighted by atomic mass is 15.3. The monoisotopic (exact) mass is 306 g/mol. The van der Waals surface area contributed by atoms with Crippen molar-refractivity contribution in [3.63, 3.8) is 0 Å². The topological polar surface area (TPSA) is 6.48 Å². The smallest absolute Gasteiger partial charge is 0.0420 e. The first-order chi connectivity index (χ1) is 11.4. The molecule has 4 rings (SSSR count). The van der Waals surface area contributed by atoms with E-state index in [0.29, 0.717) is 0 Å². The third-order valence-electron chi connectivity index (χ3n) is 5.40. The zero-order valence-electron chi connectivity index (χ0n) is 13.8. The molecule has 120 valence electrons. The fourth-order valence-corrected chi connectivity index (χ4v) is 4.16. The minimum atomic E-state index is 0.718. The summed E-state index contributed by atoms with van der Waals surface area (Å²) in [5, 5.41) is 0. The lowest BCUT2D eigenvalue weighted by Gasteiger charge is -2.46. The lowest BCUT2D eigenvalue weighted by molar-refractivity contribution is 0.212. The van der Waals surface area contributed by atoms with E-state index in [2.05, 4.69) is 64.4 Å². The van der Waals surface area contributed by atoms with Gasteiger partial charge in [0.25, 0.3) is 0 Å². The summed E-state index contributed by atoms with van der Waals surface area (Å²) in [5.41, 5.74) is 4.51. The summed E-state index contributed by atoms with van der Waals surface area (Å²) in [5.74, 6) is 0. The van der Waals surface area contributed by atoms with Crippen LogP contribution in [0.2, 0.25) is 0 Å². The summed E-state index contributed by atoms with van der Waals surface area (Å²) in [6.45, 7) is 4.87. The molecule has 2 heteroatoms. The first-order valence-corrected chi connectivity index (χ1v) is 9.01. The van der Waals surface area contributed by atoms with Crippen LogP contribution in [0.15, 0.2) is 54.6 Å².